The summed E-state index contributed by atoms with van der Waals surface area (Å²) in [6, 6.07) is 0.819. The molecule has 0 amide bonds. The van der Waals surface area contributed by atoms with Crippen LogP contribution in [-0.4, -0.2) is 36.5 Å². The third kappa shape index (κ3) is 1.79. The lowest BCUT2D eigenvalue weighted by atomic mass is 10.1. The molecule has 0 aromatic heterocycles. The minimum Gasteiger partial charge on any atom is -0.389 e. The number of aliphatic hydroxyl groups is 1. The van der Waals surface area contributed by atoms with Crippen LogP contribution in [0.1, 0.15) is 25.7 Å². The van der Waals surface area contributed by atoms with E-state index < -0.39 is 0 Å². The minimum absolute atomic E-state index is 0.188. The second-order valence-electron chi connectivity index (χ2n) is 3.86. The first-order chi connectivity index (χ1) is 5.86. The molecule has 2 rings (SSSR count). The topological polar surface area (TPSA) is 41.5 Å². The number of hydrogen-bond acceptors (Lipinski definition) is 3. The van der Waals surface area contributed by atoms with Gasteiger partial charge in [0.05, 0.1) is 25.4 Å². The quantitative estimate of drug-likeness (QED) is 0.627. The molecule has 2 fully saturated rings. The number of aliphatic hydroxyl groups excluding tert-OH is 1. The molecule has 1 aliphatic heterocycles. The van der Waals surface area contributed by atoms with Crippen LogP contribution in [0.5, 0.6) is 0 Å². The first-order valence-corrected chi connectivity index (χ1v) is 4.88. The van der Waals surface area contributed by atoms with Crippen molar-refractivity contribution in [2.24, 2.45) is 0 Å². The van der Waals surface area contributed by atoms with Crippen LogP contribution in [-0.2, 0) is 4.74 Å². The lowest BCUT2D eigenvalue weighted by Gasteiger charge is -2.19. The van der Waals surface area contributed by atoms with E-state index in [9.17, 15) is 5.11 Å². The van der Waals surface area contributed by atoms with Crippen LogP contribution in [0.3, 0.4) is 0 Å². The molecule has 0 spiro atoms. The lowest BCUT2D eigenvalue weighted by Crippen LogP contribution is -2.43. The second-order valence-corrected chi connectivity index (χ2v) is 3.86. The van der Waals surface area contributed by atoms with Gasteiger partial charge in [-0.2, -0.15) is 0 Å². The van der Waals surface area contributed by atoms with Gasteiger partial charge in [-0.15, -0.1) is 0 Å². The van der Waals surface area contributed by atoms with E-state index in [0.29, 0.717) is 19.3 Å². The van der Waals surface area contributed by atoms with E-state index in [0.717, 1.165) is 0 Å². The largest absolute Gasteiger partial charge is 0.389 e. The minimum atomic E-state index is -0.286. The van der Waals surface area contributed by atoms with E-state index >= 15 is 0 Å². The monoisotopic (exact) mass is 171 g/mol. The van der Waals surface area contributed by atoms with Crippen molar-refractivity contribution in [2.75, 3.05) is 13.2 Å². The molecule has 1 saturated carbocycles. The van der Waals surface area contributed by atoms with Gasteiger partial charge < -0.3 is 15.2 Å². The van der Waals surface area contributed by atoms with E-state index in [4.69, 9.17) is 4.74 Å². The van der Waals surface area contributed by atoms with E-state index in [2.05, 4.69) is 5.32 Å². The van der Waals surface area contributed by atoms with Crippen molar-refractivity contribution in [3.63, 3.8) is 0 Å². The fourth-order valence-corrected chi connectivity index (χ4v) is 2.10. The SMILES string of the molecule is O[C@@H]1COC[C@H]1NC1CCCC1. The molecule has 1 saturated heterocycles. The highest BCUT2D eigenvalue weighted by Crippen LogP contribution is 2.19. The molecule has 0 aromatic rings. The smallest absolute Gasteiger partial charge is 0.0948 e. The predicted octanol–water partition coefficient (Wildman–Crippen LogP) is 0.278. The average molecular weight is 171 g/mol. The molecule has 1 heterocycles. The van der Waals surface area contributed by atoms with Gasteiger partial charge in [0.25, 0.3) is 0 Å². The van der Waals surface area contributed by atoms with Gasteiger partial charge >= 0.3 is 0 Å². The van der Waals surface area contributed by atoms with E-state index in [1.807, 2.05) is 0 Å². The van der Waals surface area contributed by atoms with Crippen molar-refractivity contribution in [3.05, 3.63) is 0 Å². The van der Waals surface area contributed by atoms with E-state index in [-0.39, 0.29) is 12.1 Å². The Balaban J connectivity index is 1.77. The van der Waals surface area contributed by atoms with Crippen molar-refractivity contribution in [1.82, 2.24) is 5.32 Å². The van der Waals surface area contributed by atoms with Crippen molar-refractivity contribution in [3.8, 4) is 0 Å². The number of ether oxygens (including phenoxy) is 1. The molecule has 12 heavy (non-hydrogen) atoms. The summed E-state index contributed by atoms with van der Waals surface area (Å²) in [6.07, 6.45) is 4.92. The molecule has 3 nitrogen and oxygen atoms in total. The van der Waals surface area contributed by atoms with Crippen LogP contribution < -0.4 is 5.32 Å². The lowest BCUT2D eigenvalue weighted by molar-refractivity contribution is 0.121. The molecule has 2 N–H and O–H groups in total. The summed E-state index contributed by atoms with van der Waals surface area (Å²) in [7, 11) is 0. The third-order valence-electron chi connectivity index (χ3n) is 2.86. The van der Waals surface area contributed by atoms with Crippen molar-refractivity contribution < 1.29 is 9.84 Å². The highest BCUT2D eigenvalue weighted by molar-refractivity contribution is 4.85. The second kappa shape index (κ2) is 3.73. The molecule has 3 heteroatoms. The van der Waals surface area contributed by atoms with E-state index in [1.165, 1.54) is 25.7 Å². The van der Waals surface area contributed by atoms with Gasteiger partial charge in [-0.1, -0.05) is 12.8 Å². The zero-order chi connectivity index (χ0) is 8.39. The summed E-state index contributed by atoms with van der Waals surface area (Å²) in [5.74, 6) is 0. The standard InChI is InChI=1S/C9H17NO2/c11-9-6-12-5-8(9)10-7-3-1-2-4-7/h7-11H,1-6H2/t8-,9-/m1/s1. The predicted molar refractivity (Wildman–Crippen MR) is 46.0 cm³/mol. The van der Waals surface area contributed by atoms with Crippen molar-refractivity contribution in [1.29, 1.82) is 0 Å². The van der Waals surface area contributed by atoms with Crippen LogP contribution in [0.25, 0.3) is 0 Å². The fourth-order valence-electron chi connectivity index (χ4n) is 2.10. The Morgan fingerprint density at radius 3 is 2.50 bits per heavy atom. The fraction of sp³-hybridized carbons (Fsp3) is 1.00. The van der Waals surface area contributed by atoms with Gasteiger partial charge in [0.2, 0.25) is 0 Å². The van der Waals surface area contributed by atoms with Crippen LogP contribution in [0, 0.1) is 0 Å². The van der Waals surface area contributed by atoms with Crippen LogP contribution >= 0.6 is 0 Å². The molecule has 0 unspecified atom stereocenters. The van der Waals surface area contributed by atoms with Gasteiger partial charge in [0.15, 0.2) is 0 Å². The Kier molecular flexibility index (Phi) is 2.63. The molecule has 70 valence electrons. The van der Waals surface area contributed by atoms with Gasteiger partial charge in [0, 0.05) is 6.04 Å². The highest BCUT2D eigenvalue weighted by Gasteiger charge is 2.28. The molecule has 2 aliphatic rings. The zero-order valence-corrected chi connectivity index (χ0v) is 7.33. The number of hydrogen-bond donors (Lipinski definition) is 2. The molecule has 0 aromatic carbocycles. The molecule has 0 radical (unpaired) electrons. The van der Waals surface area contributed by atoms with Crippen LogP contribution in [0.15, 0.2) is 0 Å². The van der Waals surface area contributed by atoms with Crippen molar-refractivity contribution >= 4 is 0 Å². The molecule has 0 bridgehead atoms. The maximum Gasteiger partial charge on any atom is 0.0948 e. The first-order valence-electron chi connectivity index (χ1n) is 4.88. The Hall–Kier alpha value is -0.120. The summed E-state index contributed by atoms with van der Waals surface area (Å²) in [5.41, 5.74) is 0. The molecule has 1 aliphatic carbocycles. The molecule has 2 atom stereocenters. The van der Waals surface area contributed by atoms with Crippen LogP contribution in [0.4, 0.5) is 0 Å². The third-order valence-corrected chi connectivity index (χ3v) is 2.86. The molecular weight excluding hydrogens is 154 g/mol. The maximum absolute atomic E-state index is 9.46. The average Bonchev–Trinajstić information content (AvgIpc) is 2.65. The molecular formula is C9H17NO2. The van der Waals surface area contributed by atoms with Gasteiger partial charge in [-0.25, -0.2) is 0 Å². The number of rotatable bonds is 2. The van der Waals surface area contributed by atoms with E-state index in [1.54, 1.807) is 0 Å². The number of nitrogens with one attached hydrogen (secondary N) is 1. The maximum atomic E-state index is 9.46. The normalized spacial score (nSPS) is 37.8. The summed E-state index contributed by atoms with van der Waals surface area (Å²) in [5, 5.41) is 12.9. The summed E-state index contributed by atoms with van der Waals surface area (Å²) < 4.78 is 5.17. The summed E-state index contributed by atoms with van der Waals surface area (Å²) >= 11 is 0. The van der Waals surface area contributed by atoms with Gasteiger partial charge in [-0.05, 0) is 12.8 Å². The Morgan fingerprint density at radius 2 is 1.92 bits per heavy atom. The van der Waals surface area contributed by atoms with Crippen LogP contribution in [0.2, 0.25) is 0 Å². The van der Waals surface area contributed by atoms with Gasteiger partial charge in [-0.3, -0.25) is 0 Å². The zero-order valence-electron chi connectivity index (χ0n) is 7.33. The summed E-state index contributed by atoms with van der Waals surface area (Å²) in [4.78, 5) is 0. The van der Waals surface area contributed by atoms with Gasteiger partial charge in [0.1, 0.15) is 0 Å². The highest BCUT2D eigenvalue weighted by atomic mass is 16.5. The first kappa shape index (κ1) is 8.48. The Labute approximate surface area is 73.1 Å². The Bertz CT molecular complexity index is 145. The van der Waals surface area contributed by atoms with Crippen molar-refractivity contribution in [2.45, 2.75) is 43.9 Å². The summed E-state index contributed by atoms with van der Waals surface area (Å²) in [6.45, 7) is 1.18. The Morgan fingerprint density at radius 1 is 1.17 bits per heavy atom.